The van der Waals surface area contributed by atoms with Gasteiger partial charge in [-0.25, -0.2) is 19.3 Å². The van der Waals surface area contributed by atoms with Crippen molar-refractivity contribution in [2.24, 2.45) is 0 Å². The molecular formula is C12H14N6O3. The molecule has 1 fully saturated rings. The molecule has 0 aromatic carbocycles. The third-order valence-electron chi connectivity index (χ3n) is 3.54. The predicted octanol–water partition coefficient (Wildman–Crippen LogP) is -0.715. The second-order valence-corrected chi connectivity index (χ2v) is 4.94. The minimum atomic E-state index is -0.507. The number of piperidine rings is 1. The van der Waals surface area contributed by atoms with Gasteiger partial charge in [0.25, 0.3) is 5.91 Å². The first-order chi connectivity index (χ1) is 9.97. The van der Waals surface area contributed by atoms with Crippen molar-refractivity contribution in [2.75, 3.05) is 12.4 Å². The highest BCUT2D eigenvalue weighted by molar-refractivity contribution is 6.01. The van der Waals surface area contributed by atoms with Gasteiger partial charge in [0.15, 0.2) is 5.65 Å². The first-order valence-electron chi connectivity index (χ1n) is 6.49. The molecule has 110 valence electrons. The number of carbonyl (C=O) groups is 2. The topological polar surface area (TPSA) is 112 Å². The van der Waals surface area contributed by atoms with E-state index in [1.165, 1.54) is 11.4 Å². The van der Waals surface area contributed by atoms with Gasteiger partial charge < -0.3 is 5.32 Å². The number of hydrogen-bond donors (Lipinski definition) is 2. The zero-order valence-corrected chi connectivity index (χ0v) is 11.6. The van der Waals surface area contributed by atoms with E-state index in [2.05, 4.69) is 20.5 Å². The van der Waals surface area contributed by atoms with Gasteiger partial charge in [0.05, 0.1) is 0 Å². The minimum Gasteiger partial charge on any atom is -0.358 e. The average molecular weight is 290 g/mol. The van der Waals surface area contributed by atoms with Gasteiger partial charge >= 0.3 is 5.69 Å². The smallest absolute Gasteiger partial charge is 0.349 e. The number of nitrogens with one attached hydrogen (secondary N) is 2. The summed E-state index contributed by atoms with van der Waals surface area (Å²) in [5, 5.41) is 9.21. The zero-order valence-electron chi connectivity index (χ0n) is 11.6. The third kappa shape index (κ3) is 2.16. The monoisotopic (exact) mass is 290 g/mol. The summed E-state index contributed by atoms with van der Waals surface area (Å²) in [4.78, 5) is 40.4. The maximum atomic E-state index is 12.0. The number of aromatic amines is 1. The highest BCUT2D eigenvalue weighted by atomic mass is 16.2. The number of anilines is 1. The summed E-state index contributed by atoms with van der Waals surface area (Å²) in [5.74, 6) is 0.433. The minimum absolute atomic E-state index is 0.184. The molecule has 0 spiro atoms. The molecule has 1 atom stereocenters. The van der Waals surface area contributed by atoms with E-state index in [4.69, 9.17) is 0 Å². The fourth-order valence-corrected chi connectivity index (χ4v) is 2.40. The molecule has 1 aliphatic rings. The van der Waals surface area contributed by atoms with Gasteiger partial charge in [-0.05, 0) is 13.3 Å². The lowest BCUT2D eigenvalue weighted by atomic mass is 10.0. The summed E-state index contributed by atoms with van der Waals surface area (Å²) < 4.78 is 1.34. The van der Waals surface area contributed by atoms with Crippen LogP contribution in [0.15, 0.2) is 10.9 Å². The number of imide groups is 1. The number of amides is 2. The number of carbonyl (C=O) groups excluding carboxylic acids is 2. The first kappa shape index (κ1) is 13.3. The van der Waals surface area contributed by atoms with Crippen molar-refractivity contribution in [2.45, 2.75) is 25.8 Å². The van der Waals surface area contributed by atoms with E-state index in [1.54, 1.807) is 13.0 Å². The number of aromatic nitrogens is 4. The van der Waals surface area contributed by atoms with Gasteiger partial charge in [-0.15, -0.1) is 0 Å². The predicted molar refractivity (Wildman–Crippen MR) is 72.8 cm³/mol. The molecule has 21 heavy (non-hydrogen) atoms. The molecule has 0 aliphatic carbocycles. The van der Waals surface area contributed by atoms with Gasteiger partial charge in [-0.2, -0.15) is 5.10 Å². The number of likely N-dealkylation sites (tertiary alicyclic amines) is 1. The molecule has 0 radical (unpaired) electrons. The van der Waals surface area contributed by atoms with Crippen LogP contribution in [0.1, 0.15) is 18.7 Å². The van der Waals surface area contributed by atoms with Crippen LogP contribution in [-0.2, 0) is 9.59 Å². The summed E-state index contributed by atoms with van der Waals surface area (Å²) in [6.45, 7) is 1.67. The SMILES string of the molecule is Cc1nc(NC2CCC(=O)N(C)C2=O)cc2n[nH]c(=O)n12. The second-order valence-electron chi connectivity index (χ2n) is 4.94. The molecule has 9 heteroatoms. The number of fused-ring (bicyclic) bond motifs is 1. The molecule has 2 aromatic heterocycles. The third-order valence-corrected chi connectivity index (χ3v) is 3.54. The van der Waals surface area contributed by atoms with Crippen molar-refractivity contribution in [3.8, 4) is 0 Å². The van der Waals surface area contributed by atoms with Gasteiger partial charge in [-0.1, -0.05) is 0 Å². The lowest BCUT2D eigenvalue weighted by Gasteiger charge is -2.28. The number of hydrogen-bond acceptors (Lipinski definition) is 6. The molecule has 1 saturated heterocycles. The number of aryl methyl sites for hydroxylation is 1. The molecule has 1 unspecified atom stereocenters. The Kier molecular flexibility index (Phi) is 2.96. The van der Waals surface area contributed by atoms with Crippen LogP contribution in [0.5, 0.6) is 0 Å². The summed E-state index contributed by atoms with van der Waals surface area (Å²) in [6.07, 6.45) is 0.726. The normalized spacial score (nSPS) is 19.3. The van der Waals surface area contributed by atoms with Crippen LogP contribution in [0, 0.1) is 6.92 Å². The summed E-state index contributed by atoms with van der Waals surface area (Å²) in [7, 11) is 1.47. The molecule has 0 saturated carbocycles. The first-order valence-corrected chi connectivity index (χ1v) is 6.49. The average Bonchev–Trinajstić information content (AvgIpc) is 2.81. The molecular weight excluding hydrogens is 276 g/mol. The molecule has 3 rings (SSSR count). The molecule has 0 bridgehead atoms. The molecule has 2 aromatic rings. The van der Waals surface area contributed by atoms with Crippen LogP contribution in [0.3, 0.4) is 0 Å². The van der Waals surface area contributed by atoms with Crippen LogP contribution in [0.25, 0.3) is 5.65 Å². The van der Waals surface area contributed by atoms with E-state index >= 15 is 0 Å². The van der Waals surface area contributed by atoms with E-state index in [1.807, 2.05) is 0 Å². The molecule has 3 heterocycles. The van der Waals surface area contributed by atoms with Gasteiger partial charge in [0.1, 0.15) is 17.7 Å². The van der Waals surface area contributed by atoms with Crippen molar-refractivity contribution in [3.63, 3.8) is 0 Å². The van der Waals surface area contributed by atoms with Crippen molar-refractivity contribution >= 4 is 23.3 Å². The summed E-state index contributed by atoms with van der Waals surface area (Å²) >= 11 is 0. The van der Waals surface area contributed by atoms with Gasteiger partial charge in [-0.3, -0.25) is 14.5 Å². The van der Waals surface area contributed by atoms with E-state index < -0.39 is 6.04 Å². The molecule has 1 aliphatic heterocycles. The fraction of sp³-hybridized carbons (Fsp3) is 0.417. The Balaban J connectivity index is 1.90. The second kappa shape index (κ2) is 4.69. The van der Waals surface area contributed by atoms with Crippen LogP contribution < -0.4 is 11.0 Å². The standard InChI is InChI=1S/C12H14N6O3/c1-6-13-8(5-9-15-16-12(21)18(6)9)14-7-3-4-10(19)17(2)11(7)20/h5,7,14H,3-4H2,1-2H3,(H,16,21). The van der Waals surface area contributed by atoms with E-state index in [0.29, 0.717) is 30.1 Å². The lowest BCUT2D eigenvalue weighted by Crippen LogP contribution is -2.48. The number of H-pyrrole nitrogens is 1. The Bertz CT molecular complexity index is 792. The lowest BCUT2D eigenvalue weighted by molar-refractivity contribution is -0.146. The van der Waals surface area contributed by atoms with Crippen LogP contribution in [-0.4, -0.2) is 49.4 Å². The quantitative estimate of drug-likeness (QED) is 0.706. The van der Waals surface area contributed by atoms with Crippen molar-refractivity contribution in [1.29, 1.82) is 0 Å². The maximum Gasteiger partial charge on any atom is 0.349 e. The maximum absolute atomic E-state index is 12.0. The Morgan fingerprint density at radius 1 is 1.38 bits per heavy atom. The van der Waals surface area contributed by atoms with Crippen LogP contribution >= 0.6 is 0 Å². The largest absolute Gasteiger partial charge is 0.358 e. The van der Waals surface area contributed by atoms with Crippen LogP contribution in [0.4, 0.5) is 5.82 Å². The number of rotatable bonds is 2. The van der Waals surface area contributed by atoms with Gasteiger partial charge in [0.2, 0.25) is 5.91 Å². The Morgan fingerprint density at radius 3 is 2.90 bits per heavy atom. The van der Waals surface area contributed by atoms with Crippen LogP contribution in [0.2, 0.25) is 0 Å². The highest BCUT2D eigenvalue weighted by Crippen LogP contribution is 2.17. The van der Waals surface area contributed by atoms with E-state index in [0.717, 1.165) is 4.90 Å². The highest BCUT2D eigenvalue weighted by Gasteiger charge is 2.31. The molecule has 9 nitrogen and oxygen atoms in total. The van der Waals surface area contributed by atoms with E-state index in [9.17, 15) is 14.4 Å². The molecule has 2 N–H and O–H groups in total. The summed E-state index contributed by atoms with van der Waals surface area (Å²) in [6, 6.07) is 1.07. The van der Waals surface area contributed by atoms with Crippen molar-refractivity contribution < 1.29 is 9.59 Å². The zero-order chi connectivity index (χ0) is 15.1. The molecule has 2 amide bonds. The fourth-order valence-electron chi connectivity index (χ4n) is 2.40. The van der Waals surface area contributed by atoms with E-state index in [-0.39, 0.29) is 17.5 Å². The number of likely N-dealkylation sites (N-methyl/N-ethyl adjacent to an activating group) is 1. The van der Waals surface area contributed by atoms with Crippen molar-refractivity contribution in [3.05, 3.63) is 22.4 Å². The Morgan fingerprint density at radius 2 is 2.14 bits per heavy atom. The Hall–Kier alpha value is -2.71. The van der Waals surface area contributed by atoms with Gasteiger partial charge in [0, 0.05) is 19.5 Å². The number of nitrogens with zero attached hydrogens (tertiary/aromatic N) is 4. The Labute approximate surface area is 119 Å². The summed E-state index contributed by atoms with van der Waals surface area (Å²) in [5.41, 5.74) is 0.0586. The van der Waals surface area contributed by atoms with Crippen molar-refractivity contribution in [1.82, 2.24) is 24.5 Å².